The molecular weight excluding hydrogens is 168 g/mol. The van der Waals surface area contributed by atoms with E-state index >= 15 is 0 Å². The lowest BCUT2D eigenvalue weighted by atomic mass is 10.3. The molecule has 0 aromatic carbocycles. The fraction of sp³-hybridized carbons (Fsp3) is 1.00. The molecule has 1 aliphatic heterocycles. The fourth-order valence-electron chi connectivity index (χ4n) is 1.38. The number of piperazine rings is 1. The lowest BCUT2D eigenvalue weighted by Gasteiger charge is -2.26. The van der Waals surface area contributed by atoms with Gasteiger partial charge in [0.15, 0.2) is 0 Å². The summed E-state index contributed by atoms with van der Waals surface area (Å²) in [6.07, 6.45) is -0.344. The number of ether oxygens (including phenoxy) is 1. The maximum absolute atomic E-state index is 8.94. The van der Waals surface area contributed by atoms with Gasteiger partial charge in [0.2, 0.25) is 0 Å². The van der Waals surface area contributed by atoms with Crippen LogP contribution in [-0.2, 0) is 4.74 Å². The molecule has 13 heavy (non-hydrogen) atoms. The van der Waals surface area contributed by atoms with Gasteiger partial charge < -0.3 is 15.2 Å². The normalized spacial score (nSPS) is 21.7. The molecule has 1 unspecified atom stereocenters. The van der Waals surface area contributed by atoms with Gasteiger partial charge in [-0.25, -0.2) is 0 Å². The second-order valence-electron chi connectivity index (χ2n) is 3.52. The molecule has 1 aliphatic rings. The van der Waals surface area contributed by atoms with Crippen molar-refractivity contribution >= 4 is 0 Å². The highest BCUT2D eigenvalue weighted by Crippen LogP contribution is 1.92. The van der Waals surface area contributed by atoms with Crippen LogP contribution >= 0.6 is 0 Å². The van der Waals surface area contributed by atoms with E-state index in [0.717, 1.165) is 39.3 Å². The zero-order valence-corrected chi connectivity index (χ0v) is 8.33. The van der Waals surface area contributed by atoms with Crippen LogP contribution in [0.1, 0.15) is 6.92 Å². The maximum Gasteiger partial charge on any atom is 0.0745 e. The topological polar surface area (TPSA) is 44.7 Å². The number of aliphatic hydroxyl groups excluding tert-OH is 1. The second kappa shape index (κ2) is 6.32. The van der Waals surface area contributed by atoms with Gasteiger partial charge in [-0.15, -0.1) is 0 Å². The van der Waals surface area contributed by atoms with E-state index in [0.29, 0.717) is 6.61 Å². The molecule has 78 valence electrons. The van der Waals surface area contributed by atoms with Crippen molar-refractivity contribution in [3.05, 3.63) is 0 Å². The van der Waals surface area contributed by atoms with Gasteiger partial charge in [0, 0.05) is 32.7 Å². The van der Waals surface area contributed by atoms with Crippen LogP contribution in [0.15, 0.2) is 0 Å². The standard InChI is InChI=1S/C9H20N2O2/c1-9(12)8-13-7-6-11-4-2-10-3-5-11/h9-10,12H,2-8H2,1H3. The Kier molecular flexibility index (Phi) is 5.31. The molecule has 2 N–H and O–H groups in total. The Hall–Kier alpha value is -0.160. The summed E-state index contributed by atoms with van der Waals surface area (Å²) in [4.78, 5) is 2.37. The summed E-state index contributed by atoms with van der Waals surface area (Å²) in [7, 11) is 0. The molecule has 0 saturated carbocycles. The highest BCUT2D eigenvalue weighted by molar-refractivity contribution is 4.66. The number of aliphatic hydroxyl groups is 1. The molecule has 1 fully saturated rings. The van der Waals surface area contributed by atoms with Crippen LogP contribution in [0.4, 0.5) is 0 Å². The monoisotopic (exact) mass is 188 g/mol. The quantitative estimate of drug-likeness (QED) is 0.559. The molecule has 0 radical (unpaired) electrons. The Morgan fingerprint density at radius 2 is 2.15 bits per heavy atom. The van der Waals surface area contributed by atoms with Crippen LogP contribution in [0.25, 0.3) is 0 Å². The average Bonchev–Trinajstić information content (AvgIpc) is 2.14. The predicted molar refractivity (Wildman–Crippen MR) is 51.8 cm³/mol. The van der Waals surface area contributed by atoms with E-state index in [1.807, 2.05) is 0 Å². The summed E-state index contributed by atoms with van der Waals surface area (Å²) in [6, 6.07) is 0. The molecule has 0 aliphatic carbocycles. The first kappa shape index (κ1) is 10.9. The lowest BCUT2D eigenvalue weighted by molar-refractivity contribution is 0.0341. The van der Waals surface area contributed by atoms with Gasteiger partial charge in [0.05, 0.1) is 19.3 Å². The van der Waals surface area contributed by atoms with Crippen LogP contribution in [0.2, 0.25) is 0 Å². The van der Waals surface area contributed by atoms with Gasteiger partial charge in [-0.05, 0) is 6.92 Å². The van der Waals surface area contributed by atoms with Crippen molar-refractivity contribution < 1.29 is 9.84 Å². The Bertz CT molecular complexity index is 125. The van der Waals surface area contributed by atoms with Crippen molar-refractivity contribution in [1.82, 2.24) is 10.2 Å². The van der Waals surface area contributed by atoms with Crippen LogP contribution < -0.4 is 5.32 Å². The minimum Gasteiger partial charge on any atom is -0.391 e. The third-order valence-electron chi connectivity index (χ3n) is 2.12. The molecule has 0 aromatic heterocycles. The number of nitrogens with one attached hydrogen (secondary N) is 1. The first-order valence-electron chi connectivity index (χ1n) is 4.98. The van der Waals surface area contributed by atoms with E-state index < -0.39 is 0 Å². The Balaban J connectivity index is 1.92. The van der Waals surface area contributed by atoms with Gasteiger partial charge >= 0.3 is 0 Å². The van der Waals surface area contributed by atoms with E-state index in [2.05, 4.69) is 10.2 Å². The fourth-order valence-corrected chi connectivity index (χ4v) is 1.38. The number of rotatable bonds is 5. The van der Waals surface area contributed by atoms with E-state index in [9.17, 15) is 0 Å². The predicted octanol–water partition coefficient (Wildman–Crippen LogP) is -0.711. The SMILES string of the molecule is CC(O)COCCN1CCNCC1. The molecule has 0 spiro atoms. The highest BCUT2D eigenvalue weighted by Gasteiger charge is 2.08. The largest absolute Gasteiger partial charge is 0.391 e. The third kappa shape index (κ3) is 5.21. The maximum atomic E-state index is 8.94. The molecule has 1 atom stereocenters. The molecule has 1 rings (SSSR count). The number of hydrogen-bond acceptors (Lipinski definition) is 4. The number of nitrogens with zero attached hydrogens (tertiary/aromatic N) is 1. The number of hydrogen-bond donors (Lipinski definition) is 2. The van der Waals surface area contributed by atoms with Crippen LogP contribution in [0.5, 0.6) is 0 Å². The minimum atomic E-state index is -0.344. The van der Waals surface area contributed by atoms with E-state index in [-0.39, 0.29) is 6.10 Å². The van der Waals surface area contributed by atoms with E-state index in [1.165, 1.54) is 0 Å². The Morgan fingerprint density at radius 1 is 1.46 bits per heavy atom. The molecule has 4 nitrogen and oxygen atoms in total. The van der Waals surface area contributed by atoms with Crippen molar-refractivity contribution in [1.29, 1.82) is 0 Å². The van der Waals surface area contributed by atoms with Gasteiger partial charge in [-0.1, -0.05) is 0 Å². The lowest BCUT2D eigenvalue weighted by Crippen LogP contribution is -2.44. The summed E-state index contributed by atoms with van der Waals surface area (Å²) in [5, 5.41) is 12.2. The van der Waals surface area contributed by atoms with Crippen LogP contribution in [0.3, 0.4) is 0 Å². The van der Waals surface area contributed by atoms with Crippen molar-refractivity contribution in [2.45, 2.75) is 13.0 Å². The van der Waals surface area contributed by atoms with Crippen molar-refractivity contribution in [3.8, 4) is 0 Å². The average molecular weight is 188 g/mol. The van der Waals surface area contributed by atoms with Crippen LogP contribution in [-0.4, -0.2) is 62.0 Å². The van der Waals surface area contributed by atoms with Gasteiger partial charge in [-0.3, -0.25) is 4.90 Å². The molecule has 4 heteroatoms. The summed E-state index contributed by atoms with van der Waals surface area (Å²) in [5.41, 5.74) is 0. The van der Waals surface area contributed by atoms with E-state index in [1.54, 1.807) is 6.92 Å². The van der Waals surface area contributed by atoms with Crippen molar-refractivity contribution in [2.75, 3.05) is 45.9 Å². The van der Waals surface area contributed by atoms with Crippen LogP contribution in [0, 0.1) is 0 Å². The Morgan fingerprint density at radius 3 is 2.77 bits per heavy atom. The first-order valence-corrected chi connectivity index (χ1v) is 4.98. The van der Waals surface area contributed by atoms with Gasteiger partial charge in [0.1, 0.15) is 0 Å². The summed E-state index contributed by atoms with van der Waals surface area (Å²) in [5.74, 6) is 0. The first-order chi connectivity index (χ1) is 6.29. The molecular formula is C9H20N2O2. The smallest absolute Gasteiger partial charge is 0.0745 e. The zero-order valence-electron chi connectivity index (χ0n) is 8.33. The molecule has 0 aromatic rings. The van der Waals surface area contributed by atoms with Crippen molar-refractivity contribution in [2.24, 2.45) is 0 Å². The Labute approximate surface area is 79.9 Å². The highest BCUT2D eigenvalue weighted by atomic mass is 16.5. The molecule has 0 bridgehead atoms. The molecule has 1 heterocycles. The second-order valence-corrected chi connectivity index (χ2v) is 3.52. The summed E-state index contributed by atoms with van der Waals surface area (Å²) < 4.78 is 5.29. The molecule has 1 saturated heterocycles. The van der Waals surface area contributed by atoms with E-state index in [4.69, 9.17) is 9.84 Å². The van der Waals surface area contributed by atoms with Crippen molar-refractivity contribution in [3.63, 3.8) is 0 Å². The third-order valence-corrected chi connectivity index (χ3v) is 2.12. The van der Waals surface area contributed by atoms with Gasteiger partial charge in [-0.2, -0.15) is 0 Å². The minimum absolute atomic E-state index is 0.344. The van der Waals surface area contributed by atoms with Gasteiger partial charge in [0.25, 0.3) is 0 Å². The molecule has 0 amide bonds. The zero-order chi connectivity index (χ0) is 9.52. The summed E-state index contributed by atoms with van der Waals surface area (Å²) >= 11 is 0. The summed E-state index contributed by atoms with van der Waals surface area (Å²) in [6.45, 7) is 8.28.